The highest BCUT2D eigenvalue weighted by Crippen LogP contribution is 2.37. The molecule has 1 aliphatic carbocycles. The molecule has 3 N–H and O–H groups in total. The van der Waals surface area contributed by atoms with Crippen LogP contribution in [0, 0.1) is 11.8 Å². The van der Waals surface area contributed by atoms with Crippen LogP contribution in [0.1, 0.15) is 26.2 Å². The van der Waals surface area contributed by atoms with Gasteiger partial charge in [0, 0.05) is 25.2 Å². The molecule has 0 aromatic rings. The molecule has 14 heavy (non-hydrogen) atoms. The second-order valence-corrected chi connectivity index (χ2v) is 5.14. The molecule has 2 rings (SSSR count). The van der Waals surface area contributed by atoms with Gasteiger partial charge in [0.2, 0.25) is 0 Å². The normalized spacial score (nSPS) is 31.7. The Kier molecular flexibility index (Phi) is 3.10. The van der Waals surface area contributed by atoms with Gasteiger partial charge in [-0.1, -0.05) is 0 Å². The van der Waals surface area contributed by atoms with Gasteiger partial charge in [0.1, 0.15) is 0 Å². The molecule has 3 heteroatoms. The Hall–Kier alpha value is -0.120. The van der Waals surface area contributed by atoms with Gasteiger partial charge in [0.05, 0.1) is 6.61 Å². The van der Waals surface area contributed by atoms with Gasteiger partial charge in [-0.25, -0.2) is 0 Å². The fourth-order valence-corrected chi connectivity index (χ4v) is 2.18. The highest BCUT2D eigenvalue weighted by Gasteiger charge is 2.37. The van der Waals surface area contributed by atoms with Crippen molar-refractivity contribution in [1.29, 1.82) is 0 Å². The van der Waals surface area contributed by atoms with Gasteiger partial charge in [0.15, 0.2) is 0 Å². The smallest absolute Gasteiger partial charge is 0.0507 e. The number of rotatable bonds is 5. The first-order valence-electron chi connectivity index (χ1n) is 5.76. The number of nitrogens with two attached hydrogens (primary N) is 1. The Balaban J connectivity index is 1.61. The standard InChI is InChI=1S/C11H22N2O/c1-11(12,10-2-3-10)8-13-6-9-4-5-14-7-9/h9-10,13H,2-8,12H2,1H3. The molecule has 1 saturated carbocycles. The van der Waals surface area contributed by atoms with E-state index in [0.717, 1.165) is 32.2 Å². The average Bonchev–Trinajstić information content (AvgIpc) is 2.87. The van der Waals surface area contributed by atoms with Crippen molar-refractivity contribution in [3.63, 3.8) is 0 Å². The average molecular weight is 198 g/mol. The minimum Gasteiger partial charge on any atom is -0.381 e. The molecular weight excluding hydrogens is 176 g/mol. The van der Waals surface area contributed by atoms with Crippen molar-refractivity contribution >= 4 is 0 Å². The third-order valence-corrected chi connectivity index (χ3v) is 3.47. The number of ether oxygens (including phenoxy) is 1. The van der Waals surface area contributed by atoms with Gasteiger partial charge in [0.25, 0.3) is 0 Å². The molecule has 0 aromatic carbocycles. The van der Waals surface area contributed by atoms with E-state index >= 15 is 0 Å². The maximum atomic E-state index is 6.21. The summed E-state index contributed by atoms with van der Waals surface area (Å²) in [5.74, 6) is 1.47. The molecule has 2 atom stereocenters. The lowest BCUT2D eigenvalue weighted by atomic mass is 9.97. The van der Waals surface area contributed by atoms with E-state index < -0.39 is 0 Å². The summed E-state index contributed by atoms with van der Waals surface area (Å²) in [5, 5.41) is 3.48. The van der Waals surface area contributed by atoms with E-state index in [4.69, 9.17) is 10.5 Å². The molecule has 0 amide bonds. The minimum absolute atomic E-state index is 0.0134. The van der Waals surface area contributed by atoms with Crippen LogP contribution in [0.5, 0.6) is 0 Å². The molecule has 3 nitrogen and oxygen atoms in total. The molecule has 0 aromatic heterocycles. The first-order valence-corrected chi connectivity index (χ1v) is 5.76. The van der Waals surface area contributed by atoms with Crippen molar-refractivity contribution in [3.05, 3.63) is 0 Å². The molecule has 2 unspecified atom stereocenters. The van der Waals surface area contributed by atoms with Crippen LogP contribution in [-0.4, -0.2) is 31.8 Å². The van der Waals surface area contributed by atoms with Gasteiger partial charge in [-0.3, -0.25) is 0 Å². The van der Waals surface area contributed by atoms with E-state index in [1.54, 1.807) is 0 Å². The van der Waals surface area contributed by atoms with Crippen LogP contribution >= 0.6 is 0 Å². The van der Waals surface area contributed by atoms with Gasteiger partial charge in [-0.2, -0.15) is 0 Å². The lowest BCUT2D eigenvalue weighted by Gasteiger charge is -2.25. The molecular formula is C11H22N2O. The summed E-state index contributed by atoms with van der Waals surface area (Å²) in [5.41, 5.74) is 6.23. The van der Waals surface area contributed by atoms with Crippen LogP contribution in [0.25, 0.3) is 0 Å². The Morgan fingerprint density at radius 3 is 2.79 bits per heavy atom. The van der Waals surface area contributed by atoms with Gasteiger partial charge in [-0.05, 0) is 38.0 Å². The van der Waals surface area contributed by atoms with Crippen molar-refractivity contribution in [2.24, 2.45) is 17.6 Å². The van der Waals surface area contributed by atoms with Crippen LogP contribution < -0.4 is 11.1 Å². The van der Waals surface area contributed by atoms with Crippen molar-refractivity contribution < 1.29 is 4.74 Å². The number of hydrogen-bond acceptors (Lipinski definition) is 3. The van der Waals surface area contributed by atoms with Crippen LogP contribution in [0.3, 0.4) is 0 Å². The third kappa shape index (κ3) is 2.69. The van der Waals surface area contributed by atoms with E-state index in [2.05, 4.69) is 12.2 Å². The maximum Gasteiger partial charge on any atom is 0.0507 e. The Morgan fingerprint density at radius 2 is 2.21 bits per heavy atom. The van der Waals surface area contributed by atoms with E-state index in [1.807, 2.05) is 0 Å². The van der Waals surface area contributed by atoms with Crippen molar-refractivity contribution in [2.75, 3.05) is 26.3 Å². The highest BCUT2D eigenvalue weighted by molar-refractivity contribution is 4.96. The molecule has 1 saturated heterocycles. The maximum absolute atomic E-state index is 6.21. The quantitative estimate of drug-likeness (QED) is 0.685. The molecule has 82 valence electrons. The first-order chi connectivity index (χ1) is 6.68. The van der Waals surface area contributed by atoms with Crippen LogP contribution in [0.2, 0.25) is 0 Å². The lowest BCUT2D eigenvalue weighted by molar-refractivity contribution is 0.184. The van der Waals surface area contributed by atoms with E-state index in [0.29, 0.717) is 5.92 Å². The Bertz CT molecular complexity index is 184. The topological polar surface area (TPSA) is 47.3 Å². The van der Waals surface area contributed by atoms with Crippen LogP contribution in [0.15, 0.2) is 0 Å². The molecule has 2 aliphatic rings. The fourth-order valence-electron chi connectivity index (χ4n) is 2.18. The SMILES string of the molecule is CC(N)(CNCC1CCOC1)C1CC1. The zero-order chi connectivity index (χ0) is 10.0. The lowest BCUT2D eigenvalue weighted by Crippen LogP contribution is -2.48. The number of hydrogen-bond donors (Lipinski definition) is 2. The van der Waals surface area contributed by atoms with Crippen molar-refractivity contribution in [3.8, 4) is 0 Å². The van der Waals surface area contributed by atoms with Crippen LogP contribution in [0.4, 0.5) is 0 Å². The summed E-state index contributed by atoms with van der Waals surface area (Å²) >= 11 is 0. The predicted octanol–water partition coefficient (Wildman–Crippen LogP) is 0.740. The number of nitrogens with one attached hydrogen (secondary N) is 1. The van der Waals surface area contributed by atoms with Crippen molar-refractivity contribution in [1.82, 2.24) is 5.32 Å². The van der Waals surface area contributed by atoms with Gasteiger partial charge in [-0.15, -0.1) is 0 Å². The molecule has 0 radical (unpaired) electrons. The largest absolute Gasteiger partial charge is 0.381 e. The van der Waals surface area contributed by atoms with Crippen molar-refractivity contribution in [2.45, 2.75) is 31.7 Å². The summed E-state index contributed by atoms with van der Waals surface area (Å²) < 4.78 is 5.33. The second kappa shape index (κ2) is 4.17. The minimum atomic E-state index is 0.0134. The third-order valence-electron chi connectivity index (χ3n) is 3.47. The second-order valence-electron chi connectivity index (χ2n) is 5.14. The van der Waals surface area contributed by atoms with E-state index in [9.17, 15) is 0 Å². The Labute approximate surface area is 86.4 Å². The molecule has 1 aliphatic heterocycles. The highest BCUT2D eigenvalue weighted by atomic mass is 16.5. The molecule has 2 fully saturated rings. The fraction of sp³-hybridized carbons (Fsp3) is 1.00. The molecule has 0 spiro atoms. The monoisotopic (exact) mass is 198 g/mol. The van der Waals surface area contributed by atoms with Gasteiger partial charge >= 0.3 is 0 Å². The summed E-state index contributed by atoms with van der Waals surface area (Å²) in [6.07, 6.45) is 3.85. The summed E-state index contributed by atoms with van der Waals surface area (Å²) in [6.45, 7) is 6.06. The summed E-state index contributed by atoms with van der Waals surface area (Å²) in [6, 6.07) is 0. The van der Waals surface area contributed by atoms with E-state index in [-0.39, 0.29) is 5.54 Å². The van der Waals surface area contributed by atoms with Gasteiger partial charge < -0.3 is 15.8 Å². The summed E-state index contributed by atoms with van der Waals surface area (Å²) in [7, 11) is 0. The molecule has 1 heterocycles. The molecule has 0 bridgehead atoms. The van der Waals surface area contributed by atoms with E-state index in [1.165, 1.54) is 19.3 Å². The zero-order valence-corrected chi connectivity index (χ0v) is 9.09. The Morgan fingerprint density at radius 1 is 1.43 bits per heavy atom. The predicted molar refractivity (Wildman–Crippen MR) is 57.1 cm³/mol. The van der Waals surface area contributed by atoms with Crippen LogP contribution in [-0.2, 0) is 4.74 Å². The summed E-state index contributed by atoms with van der Waals surface area (Å²) in [4.78, 5) is 0. The zero-order valence-electron chi connectivity index (χ0n) is 9.09. The first kappa shape index (κ1) is 10.4.